The molecule has 0 spiro atoms. The number of nitrogens with zero attached hydrogens (tertiary/aromatic N) is 2. The molecular formula is C24H43N5O. The van der Waals surface area contributed by atoms with Crippen molar-refractivity contribution in [2.24, 2.45) is 4.99 Å². The van der Waals surface area contributed by atoms with Gasteiger partial charge < -0.3 is 20.7 Å². The van der Waals surface area contributed by atoms with Gasteiger partial charge in [0.2, 0.25) is 0 Å². The van der Waals surface area contributed by atoms with Gasteiger partial charge in [-0.05, 0) is 52.5 Å². The van der Waals surface area contributed by atoms with Crippen molar-refractivity contribution in [2.45, 2.75) is 65.1 Å². The van der Waals surface area contributed by atoms with Crippen LogP contribution in [-0.2, 0) is 11.3 Å². The summed E-state index contributed by atoms with van der Waals surface area (Å²) >= 11 is 0. The van der Waals surface area contributed by atoms with Gasteiger partial charge in [-0.2, -0.15) is 0 Å². The first-order chi connectivity index (χ1) is 14.5. The van der Waals surface area contributed by atoms with Crippen LogP contribution in [0.25, 0.3) is 0 Å². The summed E-state index contributed by atoms with van der Waals surface area (Å²) in [6.45, 7) is 16.2. The Morgan fingerprint density at radius 3 is 2.50 bits per heavy atom. The molecule has 0 aliphatic carbocycles. The van der Waals surface area contributed by atoms with Gasteiger partial charge in [-0.25, -0.2) is 0 Å². The summed E-state index contributed by atoms with van der Waals surface area (Å²) in [6.07, 6.45) is 3.61. The summed E-state index contributed by atoms with van der Waals surface area (Å²) in [4.78, 5) is 7.20. The maximum absolute atomic E-state index is 6.11. The van der Waals surface area contributed by atoms with E-state index in [9.17, 15) is 0 Å². The second kappa shape index (κ2) is 13.6. The maximum atomic E-state index is 6.11. The third-order valence-electron chi connectivity index (χ3n) is 5.13. The van der Waals surface area contributed by atoms with Crippen LogP contribution in [0.4, 0.5) is 0 Å². The molecule has 1 fully saturated rings. The van der Waals surface area contributed by atoms with Gasteiger partial charge in [0.25, 0.3) is 0 Å². The maximum Gasteiger partial charge on any atom is 0.191 e. The number of benzene rings is 1. The molecule has 0 unspecified atom stereocenters. The van der Waals surface area contributed by atoms with Crippen LogP contribution >= 0.6 is 0 Å². The van der Waals surface area contributed by atoms with Crippen molar-refractivity contribution in [3.63, 3.8) is 0 Å². The number of hydrogen-bond donors (Lipinski definition) is 3. The Hall–Kier alpha value is -1.63. The molecule has 0 amide bonds. The predicted octanol–water partition coefficient (Wildman–Crippen LogP) is 3.00. The van der Waals surface area contributed by atoms with Crippen LogP contribution < -0.4 is 16.0 Å². The molecule has 0 radical (unpaired) electrons. The van der Waals surface area contributed by atoms with Gasteiger partial charge in [-0.15, -0.1) is 0 Å². The summed E-state index contributed by atoms with van der Waals surface area (Å²) in [7, 11) is 0. The van der Waals surface area contributed by atoms with Crippen molar-refractivity contribution >= 4 is 5.96 Å². The fourth-order valence-corrected chi connectivity index (χ4v) is 3.54. The van der Waals surface area contributed by atoms with Crippen LogP contribution in [0.2, 0.25) is 0 Å². The number of rotatable bonds is 11. The Bertz CT molecular complexity index is 591. The van der Waals surface area contributed by atoms with Gasteiger partial charge in [0.1, 0.15) is 0 Å². The minimum Gasteiger partial charge on any atom is -0.378 e. The minimum atomic E-state index is 0.145. The number of piperidine rings is 1. The second-order valence-corrected chi connectivity index (χ2v) is 9.05. The average Bonchev–Trinajstić information content (AvgIpc) is 2.72. The van der Waals surface area contributed by atoms with E-state index in [1.54, 1.807) is 0 Å². The fraction of sp³-hybridized carbons (Fsp3) is 0.708. The molecule has 30 heavy (non-hydrogen) atoms. The van der Waals surface area contributed by atoms with E-state index in [1.807, 2.05) is 0 Å². The van der Waals surface area contributed by atoms with E-state index in [2.05, 4.69) is 83.9 Å². The predicted molar refractivity (Wildman–Crippen MR) is 127 cm³/mol. The SMILES string of the molecule is CCNC(=NCCCOC1CCN(Cc2ccccc2)CC1)NCCNC(C)(C)C. The third-order valence-corrected chi connectivity index (χ3v) is 5.13. The highest BCUT2D eigenvalue weighted by atomic mass is 16.5. The minimum absolute atomic E-state index is 0.145. The molecule has 1 aromatic rings. The van der Waals surface area contributed by atoms with Gasteiger partial charge in [-0.3, -0.25) is 9.89 Å². The molecule has 1 aromatic carbocycles. The lowest BCUT2D eigenvalue weighted by molar-refractivity contribution is 0.00566. The van der Waals surface area contributed by atoms with Crippen molar-refractivity contribution < 1.29 is 4.74 Å². The lowest BCUT2D eigenvalue weighted by Gasteiger charge is -2.31. The summed E-state index contributed by atoms with van der Waals surface area (Å²) in [5, 5.41) is 10.2. The molecule has 0 atom stereocenters. The number of ether oxygens (including phenoxy) is 1. The number of nitrogens with one attached hydrogen (secondary N) is 3. The van der Waals surface area contributed by atoms with Gasteiger partial charge >= 0.3 is 0 Å². The van der Waals surface area contributed by atoms with Gasteiger partial charge in [-0.1, -0.05) is 30.3 Å². The Morgan fingerprint density at radius 2 is 1.83 bits per heavy atom. The van der Waals surface area contributed by atoms with E-state index in [0.717, 1.165) is 77.6 Å². The molecular weight excluding hydrogens is 374 g/mol. The summed E-state index contributed by atoms with van der Waals surface area (Å²) in [6, 6.07) is 10.7. The average molecular weight is 418 g/mol. The number of aliphatic imine (C=N–C) groups is 1. The molecule has 0 saturated carbocycles. The first-order valence-corrected chi connectivity index (χ1v) is 11.6. The number of guanidine groups is 1. The molecule has 6 heteroatoms. The molecule has 1 aliphatic heterocycles. The summed E-state index contributed by atoms with van der Waals surface area (Å²) in [5.74, 6) is 0.891. The smallest absolute Gasteiger partial charge is 0.191 e. The molecule has 1 saturated heterocycles. The number of hydrogen-bond acceptors (Lipinski definition) is 4. The van der Waals surface area contributed by atoms with E-state index >= 15 is 0 Å². The fourth-order valence-electron chi connectivity index (χ4n) is 3.54. The molecule has 170 valence electrons. The quantitative estimate of drug-likeness (QED) is 0.294. The van der Waals surface area contributed by atoms with Crippen LogP contribution in [0, 0.1) is 0 Å². The first-order valence-electron chi connectivity index (χ1n) is 11.6. The van der Waals surface area contributed by atoms with E-state index in [0.29, 0.717) is 6.10 Å². The van der Waals surface area contributed by atoms with E-state index in [1.165, 1.54) is 5.56 Å². The molecule has 1 aliphatic rings. The summed E-state index contributed by atoms with van der Waals surface area (Å²) < 4.78 is 6.11. The summed E-state index contributed by atoms with van der Waals surface area (Å²) in [5.41, 5.74) is 1.54. The molecule has 2 rings (SSSR count). The van der Waals surface area contributed by atoms with Gasteiger partial charge in [0.05, 0.1) is 6.10 Å². The Labute approximate surface area is 183 Å². The zero-order valence-corrected chi connectivity index (χ0v) is 19.5. The highest BCUT2D eigenvalue weighted by Gasteiger charge is 2.19. The van der Waals surface area contributed by atoms with E-state index < -0.39 is 0 Å². The van der Waals surface area contributed by atoms with Crippen molar-refractivity contribution in [1.82, 2.24) is 20.9 Å². The lowest BCUT2D eigenvalue weighted by atomic mass is 10.1. The number of likely N-dealkylation sites (tertiary alicyclic amines) is 1. The zero-order chi connectivity index (χ0) is 21.7. The highest BCUT2D eigenvalue weighted by Crippen LogP contribution is 2.16. The normalized spacial score (nSPS) is 16.6. The topological polar surface area (TPSA) is 60.9 Å². The van der Waals surface area contributed by atoms with Crippen LogP contribution in [-0.4, -0.2) is 68.4 Å². The Morgan fingerprint density at radius 1 is 1.10 bits per heavy atom. The van der Waals surface area contributed by atoms with E-state index in [-0.39, 0.29) is 5.54 Å². The standard InChI is InChI=1S/C24H43N5O/c1-5-25-23(27-15-16-28-24(2,3)4)26-14-9-19-30-22-12-17-29(18-13-22)20-21-10-7-6-8-11-21/h6-8,10-11,22,28H,5,9,12-20H2,1-4H3,(H2,25,26,27). The van der Waals surface area contributed by atoms with Crippen LogP contribution in [0.15, 0.2) is 35.3 Å². The highest BCUT2D eigenvalue weighted by molar-refractivity contribution is 5.79. The van der Waals surface area contributed by atoms with Gasteiger partial charge in [0.15, 0.2) is 5.96 Å². The molecule has 6 nitrogen and oxygen atoms in total. The van der Waals surface area contributed by atoms with Crippen LogP contribution in [0.5, 0.6) is 0 Å². The third kappa shape index (κ3) is 11.0. The monoisotopic (exact) mass is 417 g/mol. The second-order valence-electron chi connectivity index (χ2n) is 9.05. The Kier molecular flexibility index (Phi) is 11.2. The van der Waals surface area contributed by atoms with Crippen LogP contribution in [0.1, 0.15) is 52.5 Å². The largest absolute Gasteiger partial charge is 0.378 e. The van der Waals surface area contributed by atoms with Gasteiger partial charge in [0, 0.05) is 58.0 Å². The van der Waals surface area contributed by atoms with Crippen molar-refractivity contribution in [2.75, 3.05) is 45.9 Å². The molecule has 0 aromatic heterocycles. The molecule has 0 bridgehead atoms. The van der Waals surface area contributed by atoms with Crippen molar-refractivity contribution in [3.05, 3.63) is 35.9 Å². The van der Waals surface area contributed by atoms with Crippen LogP contribution in [0.3, 0.4) is 0 Å². The van der Waals surface area contributed by atoms with Crippen molar-refractivity contribution in [1.29, 1.82) is 0 Å². The van der Waals surface area contributed by atoms with E-state index in [4.69, 9.17) is 4.74 Å². The molecule has 3 N–H and O–H groups in total. The zero-order valence-electron chi connectivity index (χ0n) is 19.5. The van der Waals surface area contributed by atoms with Crippen molar-refractivity contribution in [3.8, 4) is 0 Å². The lowest BCUT2D eigenvalue weighted by Crippen LogP contribution is -2.44. The molecule has 1 heterocycles. The Balaban J connectivity index is 1.56. The first kappa shape index (κ1) is 24.6.